The van der Waals surface area contributed by atoms with Crippen LogP contribution in [0, 0.1) is 12.7 Å². The average Bonchev–Trinajstić information content (AvgIpc) is 3.27. The molecule has 160 valence electrons. The fourth-order valence-corrected chi connectivity index (χ4v) is 4.21. The van der Waals surface area contributed by atoms with Crippen molar-refractivity contribution in [1.82, 2.24) is 19.8 Å². The SMILES string of the molecule is Cc1ccc([C@H]2[C@H](c3ccccn3)NC(=S)N2CCC(=O)Nc2ccc(F)cc2)n1C. The molecule has 1 aliphatic heterocycles. The van der Waals surface area contributed by atoms with Crippen LogP contribution in [-0.2, 0) is 11.8 Å². The first kappa shape index (κ1) is 21.0. The smallest absolute Gasteiger partial charge is 0.226 e. The van der Waals surface area contributed by atoms with E-state index in [4.69, 9.17) is 12.2 Å². The van der Waals surface area contributed by atoms with Crippen LogP contribution >= 0.6 is 12.2 Å². The van der Waals surface area contributed by atoms with Crippen LogP contribution in [0.4, 0.5) is 10.1 Å². The van der Waals surface area contributed by atoms with Gasteiger partial charge in [-0.3, -0.25) is 9.78 Å². The Balaban J connectivity index is 1.54. The third-order valence-electron chi connectivity index (χ3n) is 5.62. The van der Waals surface area contributed by atoms with Gasteiger partial charge in [-0.15, -0.1) is 0 Å². The van der Waals surface area contributed by atoms with Gasteiger partial charge in [-0.25, -0.2) is 4.39 Å². The number of aromatic nitrogens is 2. The summed E-state index contributed by atoms with van der Waals surface area (Å²) in [6, 6.07) is 15.5. The Bertz CT molecular complexity index is 1080. The van der Waals surface area contributed by atoms with Crippen LogP contribution in [0.2, 0.25) is 0 Å². The lowest BCUT2D eigenvalue weighted by Gasteiger charge is -2.28. The van der Waals surface area contributed by atoms with Gasteiger partial charge in [0.15, 0.2) is 5.11 Å². The standard InChI is InChI=1S/C23H24FN5OS/c1-15-6-11-19(28(15)2)22-21(18-5-3-4-13-25-18)27-23(31)29(22)14-12-20(30)26-17-9-7-16(24)8-10-17/h3-11,13,21-22H,12,14H2,1-2H3,(H,26,30)(H,27,31)/t21-,22-/m0/s1. The van der Waals surface area contributed by atoms with Crippen molar-refractivity contribution in [2.45, 2.75) is 25.4 Å². The maximum absolute atomic E-state index is 13.1. The molecule has 1 saturated heterocycles. The number of nitrogens with one attached hydrogen (secondary N) is 2. The van der Waals surface area contributed by atoms with Crippen LogP contribution in [0.25, 0.3) is 0 Å². The molecule has 8 heteroatoms. The van der Waals surface area contributed by atoms with Gasteiger partial charge in [0, 0.05) is 43.3 Å². The molecule has 0 radical (unpaired) electrons. The zero-order valence-electron chi connectivity index (χ0n) is 17.4. The second-order valence-corrected chi connectivity index (χ2v) is 7.97. The van der Waals surface area contributed by atoms with E-state index in [2.05, 4.69) is 39.2 Å². The number of rotatable bonds is 6. The van der Waals surface area contributed by atoms with E-state index in [-0.39, 0.29) is 30.2 Å². The average molecular weight is 438 g/mol. The molecule has 0 unspecified atom stereocenters. The third kappa shape index (κ3) is 4.44. The number of aryl methyl sites for hydroxylation is 1. The molecule has 1 aliphatic rings. The molecule has 31 heavy (non-hydrogen) atoms. The van der Waals surface area contributed by atoms with E-state index in [1.54, 1.807) is 18.3 Å². The molecule has 0 spiro atoms. The predicted octanol–water partition coefficient (Wildman–Crippen LogP) is 3.87. The molecule has 0 aliphatic carbocycles. The van der Waals surface area contributed by atoms with Crippen LogP contribution in [0.15, 0.2) is 60.8 Å². The van der Waals surface area contributed by atoms with E-state index >= 15 is 0 Å². The van der Waals surface area contributed by atoms with E-state index in [0.717, 1.165) is 17.1 Å². The first-order chi connectivity index (χ1) is 14.9. The number of pyridine rings is 1. The number of anilines is 1. The molecule has 1 amide bonds. The summed E-state index contributed by atoms with van der Waals surface area (Å²) < 4.78 is 15.2. The van der Waals surface area contributed by atoms with E-state index in [9.17, 15) is 9.18 Å². The summed E-state index contributed by atoms with van der Waals surface area (Å²) in [4.78, 5) is 19.1. The minimum atomic E-state index is -0.340. The summed E-state index contributed by atoms with van der Waals surface area (Å²) in [5.41, 5.74) is 3.70. The number of hydrogen-bond donors (Lipinski definition) is 2. The fraction of sp³-hybridized carbons (Fsp3) is 0.261. The number of carbonyl (C=O) groups is 1. The summed E-state index contributed by atoms with van der Waals surface area (Å²) >= 11 is 5.65. The van der Waals surface area contributed by atoms with Gasteiger partial charge in [0.1, 0.15) is 5.82 Å². The Morgan fingerprint density at radius 1 is 1.19 bits per heavy atom. The Morgan fingerprint density at radius 2 is 1.97 bits per heavy atom. The normalized spacial score (nSPS) is 18.2. The summed E-state index contributed by atoms with van der Waals surface area (Å²) in [5, 5.41) is 6.79. The summed E-state index contributed by atoms with van der Waals surface area (Å²) in [6.07, 6.45) is 2.01. The van der Waals surface area contributed by atoms with Crippen molar-refractivity contribution in [3.63, 3.8) is 0 Å². The molecule has 3 heterocycles. The molecular formula is C23H24FN5OS. The summed E-state index contributed by atoms with van der Waals surface area (Å²) in [6.45, 7) is 2.50. The first-order valence-electron chi connectivity index (χ1n) is 10.1. The molecule has 6 nitrogen and oxygen atoms in total. The van der Waals surface area contributed by atoms with Gasteiger partial charge >= 0.3 is 0 Å². The van der Waals surface area contributed by atoms with Crippen LogP contribution in [0.3, 0.4) is 0 Å². The highest BCUT2D eigenvalue weighted by molar-refractivity contribution is 7.80. The molecule has 3 aromatic rings. The molecule has 2 aromatic heterocycles. The highest BCUT2D eigenvalue weighted by Gasteiger charge is 2.41. The van der Waals surface area contributed by atoms with Crippen molar-refractivity contribution in [2.75, 3.05) is 11.9 Å². The van der Waals surface area contributed by atoms with E-state index in [1.165, 1.54) is 12.1 Å². The predicted molar refractivity (Wildman–Crippen MR) is 122 cm³/mol. The van der Waals surface area contributed by atoms with Crippen molar-refractivity contribution in [3.8, 4) is 0 Å². The fourth-order valence-electron chi connectivity index (χ4n) is 3.88. The number of halogens is 1. The minimum absolute atomic E-state index is 0.0975. The van der Waals surface area contributed by atoms with E-state index in [0.29, 0.717) is 17.3 Å². The summed E-state index contributed by atoms with van der Waals surface area (Å²) in [5.74, 6) is -0.495. The van der Waals surface area contributed by atoms with Gasteiger partial charge in [0.25, 0.3) is 0 Å². The monoisotopic (exact) mass is 437 g/mol. The summed E-state index contributed by atoms with van der Waals surface area (Å²) in [7, 11) is 2.03. The largest absolute Gasteiger partial charge is 0.352 e. The quantitative estimate of drug-likeness (QED) is 0.574. The van der Waals surface area contributed by atoms with Crippen molar-refractivity contribution in [1.29, 1.82) is 0 Å². The van der Waals surface area contributed by atoms with Crippen LogP contribution in [0.5, 0.6) is 0 Å². The molecule has 0 saturated carbocycles. The number of hydrogen-bond acceptors (Lipinski definition) is 3. The van der Waals surface area contributed by atoms with Crippen LogP contribution in [0.1, 0.15) is 35.6 Å². The van der Waals surface area contributed by atoms with Gasteiger partial charge in [0.2, 0.25) is 5.91 Å². The maximum atomic E-state index is 13.1. The lowest BCUT2D eigenvalue weighted by molar-refractivity contribution is -0.116. The second kappa shape index (κ2) is 8.85. The van der Waals surface area contributed by atoms with Crippen molar-refractivity contribution < 1.29 is 9.18 Å². The lowest BCUT2D eigenvalue weighted by atomic mass is 10.0. The van der Waals surface area contributed by atoms with Gasteiger partial charge in [0.05, 0.1) is 17.8 Å². The third-order valence-corrected chi connectivity index (χ3v) is 5.97. The van der Waals surface area contributed by atoms with E-state index < -0.39 is 0 Å². The molecule has 4 rings (SSSR count). The van der Waals surface area contributed by atoms with Gasteiger partial charge < -0.3 is 20.1 Å². The molecule has 1 fully saturated rings. The molecule has 1 aromatic carbocycles. The number of nitrogens with zero attached hydrogens (tertiary/aromatic N) is 3. The number of benzene rings is 1. The maximum Gasteiger partial charge on any atom is 0.226 e. The van der Waals surface area contributed by atoms with Gasteiger partial charge in [-0.1, -0.05) is 6.07 Å². The lowest BCUT2D eigenvalue weighted by Crippen LogP contribution is -2.33. The Labute approximate surface area is 186 Å². The highest BCUT2D eigenvalue weighted by Crippen LogP contribution is 2.38. The zero-order valence-corrected chi connectivity index (χ0v) is 18.2. The highest BCUT2D eigenvalue weighted by atomic mass is 32.1. The van der Waals surface area contributed by atoms with E-state index in [1.807, 2.05) is 30.1 Å². The zero-order chi connectivity index (χ0) is 22.0. The minimum Gasteiger partial charge on any atom is -0.352 e. The topological polar surface area (TPSA) is 62.2 Å². The molecule has 2 N–H and O–H groups in total. The number of amides is 1. The van der Waals surface area contributed by atoms with Gasteiger partial charge in [-0.2, -0.15) is 0 Å². The van der Waals surface area contributed by atoms with Crippen molar-refractivity contribution in [2.24, 2.45) is 7.05 Å². The Kier molecular flexibility index (Phi) is 5.99. The Hall–Kier alpha value is -3.26. The Morgan fingerprint density at radius 3 is 2.61 bits per heavy atom. The van der Waals surface area contributed by atoms with Crippen molar-refractivity contribution in [3.05, 3.63) is 83.7 Å². The molecular weight excluding hydrogens is 413 g/mol. The number of carbonyl (C=O) groups excluding carboxylic acids is 1. The van der Waals surface area contributed by atoms with Crippen LogP contribution in [-0.4, -0.2) is 32.0 Å². The second-order valence-electron chi connectivity index (χ2n) is 7.58. The molecule has 0 bridgehead atoms. The first-order valence-corrected chi connectivity index (χ1v) is 10.5. The van der Waals surface area contributed by atoms with Crippen molar-refractivity contribution >= 4 is 28.9 Å². The van der Waals surface area contributed by atoms with Gasteiger partial charge in [-0.05, 0) is 67.7 Å². The number of thiocarbonyl (C=S) groups is 1. The van der Waals surface area contributed by atoms with Crippen LogP contribution < -0.4 is 10.6 Å². The molecule has 2 atom stereocenters.